The molecule has 1 aliphatic carbocycles. The minimum Gasteiger partial charge on any atom is -0.479 e. The van der Waals surface area contributed by atoms with E-state index in [1.165, 1.54) is 24.3 Å². The number of hydrogen-bond acceptors (Lipinski definition) is 4. The molecule has 0 amide bonds. The van der Waals surface area contributed by atoms with Crippen LogP contribution in [0.25, 0.3) is 0 Å². The van der Waals surface area contributed by atoms with E-state index < -0.39 is 22.1 Å². The van der Waals surface area contributed by atoms with Gasteiger partial charge >= 0.3 is 5.97 Å². The van der Waals surface area contributed by atoms with Crippen LogP contribution < -0.4 is 4.72 Å². The number of carboxylic acids is 1. The smallest absolute Gasteiger partial charge is 0.337 e. The van der Waals surface area contributed by atoms with Gasteiger partial charge in [-0.05, 0) is 60.2 Å². The number of rotatable bonds is 5. The molecule has 0 saturated carbocycles. The number of aliphatic carboxylic acids is 1. The van der Waals surface area contributed by atoms with Crippen LogP contribution in [0.5, 0.6) is 0 Å². The zero-order chi connectivity index (χ0) is 18.9. The minimum absolute atomic E-state index is 0.141. The summed E-state index contributed by atoms with van der Waals surface area (Å²) in [5, 5.41) is 19.4. The number of benzene rings is 2. The van der Waals surface area contributed by atoms with Crippen LogP contribution in [0, 0.1) is 0 Å². The lowest BCUT2D eigenvalue weighted by atomic mass is 9.84. The maximum Gasteiger partial charge on any atom is 0.337 e. The molecule has 8 heteroatoms. The van der Waals surface area contributed by atoms with Gasteiger partial charge in [0.25, 0.3) is 0 Å². The van der Waals surface area contributed by atoms with Crippen molar-refractivity contribution in [3.8, 4) is 0 Å². The van der Waals surface area contributed by atoms with Crippen molar-refractivity contribution in [1.29, 1.82) is 0 Å². The maximum atomic E-state index is 12.5. The van der Waals surface area contributed by atoms with Crippen LogP contribution in [-0.4, -0.2) is 30.6 Å². The summed E-state index contributed by atoms with van der Waals surface area (Å²) in [6.07, 6.45) is -0.137. The van der Waals surface area contributed by atoms with E-state index in [-0.39, 0.29) is 10.9 Å². The lowest BCUT2D eigenvalue weighted by Crippen LogP contribution is -2.39. The van der Waals surface area contributed by atoms with Crippen molar-refractivity contribution >= 4 is 27.6 Å². The van der Waals surface area contributed by atoms with Gasteiger partial charge < -0.3 is 10.2 Å². The zero-order valence-corrected chi connectivity index (χ0v) is 15.3. The second-order valence-electron chi connectivity index (χ2n) is 6.24. The van der Waals surface area contributed by atoms with Gasteiger partial charge in [-0.25, -0.2) is 17.9 Å². The third kappa shape index (κ3) is 3.91. The van der Waals surface area contributed by atoms with E-state index in [1.54, 1.807) is 12.1 Å². The Morgan fingerprint density at radius 3 is 2.54 bits per heavy atom. The van der Waals surface area contributed by atoms with Crippen molar-refractivity contribution in [2.45, 2.75) is 36.3 Å². The van der Waals surface area contributed by atoms with Crippen molar-refractivity contribution in [3.05, 3.63) is 64.2 Å². The summed E-state index contributed by atoms with van der Waals surface area (Å²) < 4.78 is 27.7. The molecule has 3 rings (SSSR count). The Kier molecular flexibility index (Phi) is 5.34. The summed E-state index contributed by atoms with van der Waals surface area (Å²) in [5.41, 5.74) is 2.00. The van der Waals surface area contributed by atoms with E-state index in [2.05, 4.69) is 4.72 Å². The van der Waals surface area contributed by atoms with Gasteiger partial charge in [0.1, 0.15) is 0 Å². The third-order valence-electron chi connectivity index (χ3n) is 4.49. The number of carbonyl (C=O) groups is 1. The van der Waals surface area contributed by atoms with Crippen LogP contribution in [-0.2, 0) is 27.7 Å². The first-order valence-electron chi connectivity index (χ1n) is 8.07. The number of halogens is 1. The van der Waals surface area contributed by atoms with Gasteiger partial charge in [-0.3, -0.25) is 0 Å². The molecule has 0 radical (unpaired) electrons. The van der Waals surface area contributed by atoms with Crippen molar-refractivity contribution in [1.82, 2.24) is 4.72 Å². The molecule has 26 heavy (non-hydrogen) atoms. The highest BCUT2D eigenvalue weighted by molar-refractivity contribution is 7.89. The van der Waals surface area contributed by atoms with Gasteiger partial charge in [0.05, 0.1) is 4.90 Å². The van der Waals surface area contributed by atoms with Gasteiger partial charge in [-0.15, -0.1) is 0 Å². The molecule has 2 aromatic rings. The second kappa shape index (κ2) is 7.36. The Labute approximate surface area is 156 Å². The van der Waals surface area contributed by atoms with E-state index in [0.29, 0.717) is 29.8 Å². The predicted molar refractivity (Wildman–Crippen MR) is 96.6 cm³/mol. The molecule has 0 heterocycles. The molecule has 3 N–H and O–H groups in total. The van der Waals surface area contributed by atoms with Gasteiger partial charge in [-0.1, -0.05) is 29.8 Å². The molecule has 1 aliphatic rings. The number of nitrogens with one attached hydrogen (secondary N) is 1. The van der Waals surface area contributed by atoms with Crippen molar-refractivity contribution < 1.29 is 23.4 Å². The minimum atomic E-state index is -3.67. The van der Waals surface area contributed by atoms with Crippen molar-refractivity contribution in [2.75, 3.05) is 0 Å². The summed E-state index contributed by atoms with van der Waals surface area (Å²) in [6.45, 7) is 0. The Bertz CT molecular complexity index is 927. The molecule has 2 unspecified atom stereocenters. The number of carboxylic acid groups (broad SMARTS) is 1. The highest BCUT2D eigenvalue weighted by Crippen LogP contribution is 2.29. The van der Waals surface area contributed by atoms with Crippen molar-refractivity contribution in [2.24, 2.45) is 0 Å². The SMILES string of the molecule is O=C(O)C(O)c1cccc2c1CCC(NS(=O)(=O)c1ccc(Cl)cc1)C2. The zero-order valence-electron chi connectivity index (χ0n) is 13.7. The first-order chi connectivity index (χ1) is 12.3. The standard InChI is InChI=1S/C18H18ClNO5S/c19-12-4-7-14(8-5-12)26(24,25)20-13-6-9-15-11(10-13)2-1-3-16(15)17(21)18(22)23/h1-5,7-8,13,17,20-21H,6,9-10H2,(H,22,23). The molecule has 138 valence electrons. The average Bonchev–Trinajstić information content (AvgIpc) is 2.60. The first kappa shape index (κ1) is 18.8. The molecule has 0 aromatic heterocycles. The van der Waals surface area contributed by atoms with Gasteiger partial charge in [0.2, 0.25) is 10.0 Å². The fraction of sp³-hybridized carbons (Fsp3) is 0.278. The highest BCUT2D eigenvalue weighted by atomic mass is 35.5. The summed E-state index contributed by atoms with van der Waals surface area (Å²) in [4.78, 5) is 11.2. The Balaban J connectivity index is 1.80. The van der Waals surface area contributed by atoms with E-state index in [4.69, 9.17) is 16.7 Å². The quantitative estimate of drug-likeness (QED) is 0.720. The number of sulfonamides is 1. The molecule has 0 spiro atoms. The van der Waals surface area contributed by atoms with Crippen LogP contribution in [0.3, 0.4) is 0 Å². The summed E-state index contributed by atoms with van der Waals surface area (Å²) in [7, 11) is -3.67. The van der Waals surface area contributed by atoms with Gasteiger partial charge in [0, 0.05) is 11.1 Å². The van der Waals surface area contributed by atoms with Crippen molar-refractivity contribution in [3.63, 3.8) is 0 Å². The predicted octanol–water partition coefficient (Wildman–Crippen LogP) is 2.29. The van der Waals surface area contributed by atoms with E-state index in [9.17, 15) is 18.3 Å². The third-order valence-corrected chi connectivity index (χ3v) is 6.28. The van der Waals surface area contributed by atoms with Crippen LogP contribution in [0.1, 0.15) is 29.2 Å². The number of aliphatic hydroxyl groups is 1. The molecule has 2 atom stereocenters. The summed E-state index contributed by atoms with van der Waals surface area (Å²) >= 11 is 5.79. The molecule has 6 nitrogen and oxygen atoms in total. The average molecular weight is 396 g/mol. The Morgan fingerprint density at radius 1 is 1.19 bits per heavy atom. The fourth-order valence-electron chi connectivity index (χ4n) is 3.23. The Morgan fingerprint density at radius 2 is 1.88 bits per heavy atom. The lowest BCUT2D eigenvalue weighted by molar-refractivity contribution is -0.147. The highest BCUT2D eigenvalue weighted by Gasteiger charge is 2.28. The monoisotopic (exact) mass is 395 g/mol. The molecule has 0 bridgehead atoms. The fourth-order valence-corrected chi connectivity index (χ4v) is 4.62. The van der Waals surface area contributed by atoms with Crippen LogP contribution in [0.15, 0.2) is 47.4 Å². The normalized spacial score (nSPS) is 18.2. The number of fused-ring (bicyclic) bond motifs is 1. The largest absolute Gasteiger partial charge is 0.479 e. The number of hydrogen-bond donors (Lipinski definition) is 3. The van der Waals surface area contributed by atoms with Crippen LogP contribution in [0.4, 0.5) is 0 Å². The lowest BCUT2D eigenvalue weighted by Gasteiger charge is -2.27. The number of aliphatic hydroxyl groups excluding tert-OH is 1. The van der Waals surface area contributed by atoms with E-state index in [1.807, 2.05) is 6.07 Å². The topological polar surface area (TPSA) is 104 Å². The Hall–Kier alpha value is -1.93. The molecule has 0 saturated heterocycles. The molecule has 0 fully saturated rings. The molecule has 2 aromatic carbocycles. The van der Waals surface area contributed by atoms with Gasteiger partial charge in [-0.2, -0.15) is 0 Å². The first-order valence-corrected chi connectivity index (χ1v) is 9.93. The summed E-state index contributed by atoms with van der Waals surface area (Å²) in [5.74, 6) is -1.30. The molecular formula is C18H18ClNO5S. The summed E-state index contributed by atoms with van der Waals surface area (Å²) in [6, 6.07) is 10.7. The molecular weight excluding hydrogens is 378 g/mol. The van der Waals surface area contributed by atoms with E-state index >= 15 is 0 Å². The van der Waals surface area contributed by atoms with Crippen LogP contribution in [0.2, 0.25) is 5.02 Å². The van der Waals surface area contributed by atoms with Crippen LogP contribution >= 0.6 is 11.6 Å². The van der Waals surface area contributed by atoms with Gasteiger partial charge in [0.15, 0.2) is 6.10 Å². The maximum absolute atomic E-state index is 12.5. The molecule has 0 aliphatic heterocycles. The second-order valence-corrected chi connectivity index (χ2v) is 8.39. The van der Waals surface area contributed by atoms with E-state index in [0.717, 1.165) is 11.1 Å².